The van der Waals surface area contributed by atoms with Crippen molar-refractivity contribution in [3.63, 3.8) is 0 Å². The highest BCUT2D eigenvalue weighted by Gasteiger charge is 2.20. The van der Waals surface area contributed by atoms with Crippen molar-refractivity contribution >= 4 is 59.9 Å². The minimum Gasteiger partial charge on any atom is -0.489 e. The zero-order valence-electron chi connectivity index (χ0n) is 80.1. The summed E-state index contributed by atoms with van der Waals surface area (Å²) in [6, 6.07) is 97.2. The minimum absolute atomic E-state index is 0.0258. The molecule has 0 saturated heterocycles. The molecular formula is C120H96O30. The molecule has 0 spiro atoms. The lowest BCUT2D eigenvalue weighted by Crippen LogP contribution is -2.04. The number of rotatable bonds is 52. The smallest absolute Gasteiger partial charge is 0.335 e. The summed E-state index contributed by atoms with van der Waals surface area (Å²) in [7, 11) is 0. The Bertz CT molecular complexity index is 6350. The van der Waals surface area contributed by atoms with Crippen LogP contribution >= 0.6 is 0 Å². The van der Waals surface area contributed by atoms with E-state index in [1.165, 1.54) is 97.1 Å². The van der Waals surface area contributed by atoms with Gasteiger partial charge in [-0.05, 0) is 283 Å². The van der Waals surface area contributed by atoms with E-state index in [0.717, 1.165) is 11.1 Å². The maximum atomic E-state index is 11.7. The van der Waals surface area contributed by atoms with Gasteiger partial charge in [-0.25, -0.2) is 38.4 Å². The fraction of sp³-hybridized carbons (Fsp3) is 0.117. The molecule has 8 N–H and O–H groups in total. The molecule has 0 unspecified atom stereocenters. The van der Waals surface area contributed by atoms with Crippen LogP contribution < -0.4 is 66.3 Å². The van der Waals surface area contributed by atoms with E-state index in [9.17, 15) is 79.2 Å². The van der Waals surface area contributed by atoms with Crippen LogP contribution in [0.1, 0.15) is 172 Å². The fourth-order valence-electron chi connectivity index (χ4n) is 15.1. The minimum atomic E-state index is -1.07. The molecule has 0 fully saturated rings. The summed E-state index contributed by atoms with van der Waals surface area (Å²) in [5.41, 5.74) is 12.0. The average molecular weight is 2020 g/mol. The third kappa shape index (κ3) is 30.9. The van der Waals surface area contributed by atoms with Gasteiger partial charge in [0, 0.05) is 36.4 Å². The summed E-state index contributed by atoms with van der Waals surface area (Å²) in [4.78, 5) is 93.4. The Kier molecular flexibility index (Phi) is 34.3. The first-order valence-corrected chi connectivity index (χ1v) is 46.8. The van der Waals surface area contributed by atoms with E-state index in [4.69, 9.17) is 66.3 Å². The monoisotopic (exact) mass is 2020 g/mol. The van der Waals surface area contributed by atoms with Gasteiger partial charge in [0.05, 0.1) is 44.5 Å². The predicted molar refractivity (Wildman–Crippen MR) is 548 cm³/mol. The van der Waals surface area contributed by atoms with Gasteiger partial charge in [-0.2, -0.15) is 0 Å². The molecule has 0 amide bonds. The molecule has 0 radical (unpaired) electrons. The molecule has 16 aromatic rings. The molecule has 16 aromatic carbocycles. The Hall–Kier alpha value is -19.8. The van der Waals surface area contributed by atoms with Crippen LogP contribution in [0.5, 0.6) is 80.5 Å². The molecule has 0 bridgehead atoms. The van der Waals surface area contributed by atoms with Gasteiger partial charge in [-0.15, -0.1) is 0 Å². The number of aromatic carboxylic acids is 8. The zero-order chi connectivity index (χ0) is 105. The molecule has 0 aromatic heterocycles. The highest BCUT2D eigenvalue weighted by Crippen LogP contribution is 2.36. The van der Waals surface area contributed by atoms with Gasteiger partial charge in [0.15, 0.2) is 0 Å². The summed E-state index contributed by atoms with van der Waals surface area (Å²) >= 11 is 0. The molecular weight excluding hydrogens is 1920 g/mol. The van der Waals surface area contributed by atoms with Crippen molar-refractivity contribution in [2.45, 2.75) is 92.5 Å². The second-order valence-corrected chi connectivity index (χ2v) is 34.4. The first kappa shape index (κ1) is 103. The molecule has 0 aliphatic heterocycles. The van der Waals surface area contributed by atoms with Crippen LogP contribution in [0.15, 0.2) is 352 Å². The molecule has 756 valence electrons. The number of hydrogen-bond acceptors (Lipinski definition) is 22. The van der Waals surface area contributed by atoms with Crippen molar-refractivity contribution in [1.29, 1.82) is 0 Å². The van der Waals surface area contributed by atoms with Crippen LogP contribution in [0.2, 0.25) is 0 Å². The van der Waals surface area contributed by atoms with Gasteiger partial charge < -0.3 is 107 Å². The Morgan fingerprint density at radius 1 is 0.133 bits per heavy atom. The molecule has 0 aliphatic carbocycles. The molecule has 150 heavy (non-hydrogen) atoms. The Labute approximate surface area is 859 Å². The lowest BCUT2D eigenvalue weighted by Gasteiger charge is -2.16. The molecule has 30 heteroatoms. The zero-order valence-corrected chi connectivity index (χ0v) is 80.1. The van der Waals surface area contributed by atoms with Gasteiger partial charge in [0.1, 0.15) is 173 Å². The third-order valence-corrected chi connectivity index (χ3v) is 23.2. The second-order valence-electron chi connectivity index (χ2n) is 34.4. The van der Waals surface area contributed by atoms with Crippen LogP contribution in [-0.4, -0.2) is 88.6 Å². The van der Waals surface area contributed by atoms with E-state index in [1.54, 1.807) is 182 Å². The highest BCUT2D eigenvalue weighted by atomic mass is 16.5. The van der Waals surface area contributed by atoms with Crippen molar-refractivity contribution in [3.8, 4) is 80.5 Å². The van der Waals surface area contributed by atoms with Crippen molar-refractivity contribution in [2.24, 2.45) is 0 Å². The maximum absolute atomic E-state index is 11.7. The first-order valence-electron chi connectivity index (χ1n) is 46.8. The van der Waals surface area contributed by atoms with Crippen LogP contribution in [0.3, 0.4) is 0 Å². The van der Waals surface area contributed by atoms with Crippen LogP contribution in [0.25, 0.3) is 12.2 Å². The number of carboxylic acids is 8. The summed E-state index contributed by atoms with van der Waals surface area (Å²) < 4.78 is 89.8. The predicted octanol–water partition coefficient (Wildman–Crippen LogP) is 23.5. The van der Waals surface area contributed by atoms with Crippen LogP contribution in [0, 0.1) is 0 Å². The Balaban J connectivity index is 0.627. The Morgan fingerprint density at radius 2 is 0.240 bits per heavy atom. The van der Waals surface area contributed by atoms with Crippen molar-refractivity contribution in [2.75, 3.05) is 0 Å². The fourth-order valence-corrected chi connectivity index (χ4v) is 15.1. The van der Waals surface area contributed by atoms with Gasteiger partial charge >= 0.3 is 47.8 Å². The number of carbonyl (C=O) groups is 8. The van der Waals surface area contributed by atoms with Gasteiger partial charge in [0.2, 0.25) is 0 Å². The number of hydrogen-bond donors (Lipinski definition) is 8. The summed E-state index contributed by atoms with van der Waals surface area (Å²) in [6.45, 7) is 0.563. The second kappa shape index (κ2) is 50.0. The van der Waals surface area contributed by atoms with Gasteiger partial charge in [-0.3, -0.25) is 0 Å². The summed E-state index contributed by atoms with van der Waals surface area (Å²) in [5.74, 6) is -2.73. The first-order chi connectivity index (χ1) is 72.7. The largest absolute Gasteiger partial charge is 0.489 e. The van der Waals surface area contributed by atoms with Crippen molar-refractivity contribution in [3.05, 3.63) is 485 Å². The Morgan fingerprint density at radius 3 is 0.353 bits per heavy atom. The van der Waals surface area contributed by atoms with Crippen molar-refractivity contribution in [1.82, 2.24) is 0 Å². The van der Waals surface area contributed by atoms with Gasteiger partial charge in [0.25, 0.3) is 0 Å². The highest BCUT2D eigenvalue weighted by molar-refractivity contribution is 5.91. The van der Waals surface area contributed by atoms with E-state index in [-0.39, 0.29) is 137 Å². The molecule has 16 rings (SSSR count). The van der Waals surface area contributed by atoms with Gasteiger partial charge in [-0.1, -0.05) is 133 Å². The lowest BCUT2D eigenvalue weighted by molar-refractivity contribution is 0.0686. The summed E-state index contributed by atoms with van der Waals surface area (Å²) in [6.07, 6.45) is 3.91. The number of benzene rings is 16. The quantitative estimate of drug-likeness (QED) is 0.0164. The van der Waals surface area contributed by atoms with Crippen molar-refractivity contribution < 1.29 is 146 Å². The van der Waals surface area contributed by atoms with Crippen LogP contribution in [0.4, 0.5) is 0 Å². The van der Waals surface area contributed by atoms with E-state index < -0.39 is 47.8 Å². The van der Waals surface area contributed by atoms with E-state index in [1.807, 2.05) is 84.9 Å². The SMILES string of the molecule is O=C(O)c1ccc(COc2cc(COc3cc(COc4ccc(/C=C/c5ccc(OCc6cc(OCc7cc(OCc8ccc(C(=O)O)cc8)cc(OCc8ccc(C(=O)O)cc8)c7)cc(OCc7cc(OCc8ccc(C(=O)O)cc8)cc(OCc8ccc(C(=O)O)cc8)c7)c6)cc5)cc4)cc(OCc4cc(OCc5ccc(C(=O)O)cc5)cc(OCc5ccc(C(=O)O)cc5)c4)c3)cc(OCc3ccc(C(=O)O)cc3)c2)cc1. The third-order valence-electron chi connectivity index (χ3n) is 23.2. The molecule has 0 atom stereocenters. The molecule has 0 heterocycles. The average Bonchev–Trinajstić information content (AvgIpc) is 0.837. The number of carboxylic acid groups (broad SMARTS) is 8. The molecule has 0 saturated carbocycles. The van der Waals surface area contributed by atoms with E-state index in [2.05, 4.69) is 0 Å². The summed E-state index contributed by atoms with van der Waals surface area (Å²) in [5, 5.41) is 76.4. The number of ether oxygens (including phenoxy) is 14. The lowest BCUT2D eigenvalue weighted by atomic mass is 10.1. The van der Waals surface area contributed by atoms with E-state index >= 15 is 0 Å². The maximum Gasteiger partial charge on any atom is 0.335 e. The topological polar surface area (TPSA) is 428 Å². The van der Waals surface area contributed by atoms with E-state index in [0.29, 0.717) is 158 Å². The molecule has 0 aliphatic rings. The normalized spacial score (nSPS) is 10.9. The van der Waals surface area contributed by atoms with Crippen LogP contribution in [-0.2, 0) is 92.5 Å². The standard InChI is InChI=1S/C120H96O30/c121-113(122)91-23-3-77(4-24-91)61-139-101-47-87(48-102(55-101)140-62-78-5-25-92(26-6-78)114(123)124)71-147-109-43-85(44-110(59-109)148-72-88-49-103(141-63-79-7-27-93(28-8-79)115(125)126)56-104(50-88)142-64-80-9-29-94(30-10-80)116(127)128)69-137-99-39-19-75(20-40-99)1-2-76-21-41-100(42-22-76)138-70-86-45-111(149-73-89-51-105(143-65-81-11-31-95(32-12-81)117(129)130)57-106(52-89)144-66-82-13-33-96(34-14-82)118(131)132)60-112(46-86)150-74-90-53-107(145-67-83-15-35-97(36-16-83)119(133)134)58-108(54-90)146-68-84-17-37-98(38-18-84)120(135)136/h1-60H,61-74H2,(H,121,122)(H,123,124)(H,125,126)(H,127,128)(H,129,130)(H,131,132)(H,133,134)(H,135,136)/b2-1+. The molecule has 30 nitrogen and oxygen atoms in total.